The zero-order valence-electron chi connectivity index (χ0n) is 17.1. The highest BCUT2D eigenvalue weighted by atomic mass is 16.6. The van der Waals surface area contributed by atoms with Gasteiger partial charge in [-0.25, -0.2) is 0 Å². The van der Waals surface area contributed by atoms with Crippen molar-refractivity contribution >= 4 is 23.7 Å². The van der Waals surface area contributed by atoms with E-state index in [9.17, 15) is 19.7 Å². The van der Waals surface area contributed by atoms with Crippen molar-refractivity contribution in [3.63, 3.8) is 0 Å². The zero-order chi connectivity index (χ0) is 22.2. The fraction of sp³-hybridized carbons (Fsp3) is 0.348. The molecule has 0 radical (unpaired) electrons. The van der Waals surface area contributed by atoms with Crippen LogP contribution in [0.15, 0.2) is 52.0 Å². The van der Waals surface area contributed by atoms with Gasteiger partial charge in [0, 0.05) is 0 Å². The fourth-order valence-electron chi connectivity index (χ4n) is 5.86. The van der Waals surface area contributed by atoms with Crippen molar-refractivity contribution in [2.75, 3.05) is 7.11 Å². The van der Waals surface area contributed by atoms with E-state index in [4.69, 9.17) is 9.15 Å². The first-order valence-corrected chi connectivity index (χ1v) is 10.5. The molecule has 2 saturated carbocycles. The number of hydrogen-bond donors (Lipinski definition) is 0. The summed E-state index contributed by atoms with van der Waals surface area (Å²) in [7, 11) is 1.43. The van der Waals surface area contributed by atoms with E-state index in [0.717, 1.165) is 17.9 Å². The summed E-state index contributed by atoms with van der Waals surface area (Å²) in [5, 5.41) is 16.5. The minimum Gasteiger partial charge on any atom is -0.497 e. The largest absolute Gasteiger partial charge is 0.497 e. The normalized spacial score (nSPS) is 28.8. The summed E-state index contributed by atoms with van der Waals surface area (Å²) in [6.45, 7) is 0. The van der Waals surface area contributed by atoms with E-state index < -0.39 is 4.92 Å². The molecule has 1 aliphatic heterocycles. The molecule has 32 heavy (non-hydrogen) atoms. The number of carbonyl (C=O) groups excluding carboxylic acids is 2. The van der Waals surface area contributed by atoms with E-state index in [1.54, 1.807) is 24.3 Å². The van der Waals surface area contributed by atoms with Gasteiger partial charge in [0.15, 0.2) is 0 Å². The third-order valence-electron chi connectivity index (χ3n) is 7.42. The first kappa shape index (κ1) is 19.0. The molecule has 0 N–H and O–H groups in total. The molecular weight excluding hydrogens is 414 g/mol. The van der Waals surface area contributed by atoms with Crippen LogP contribution in [-0.4, -0.2) is 35.1 Å². The Bertz CT molecular complexity index is 1210. The predicted octanol–water partition coefficient (Wildman–Crippen LogP) is 3.39. The second-order valence-corrected chi connectivity index (χ2v) is 8.80. The molecular formula is C23H19N3O6. The topological polar surface area (TPSA) is 115 Å². The highest BCUT2D eigenvalue weighted by Gasteiger charge is 2.73. The van der Waals surface area contributed by atoms with E-state index in [1.807, 2.05) is 0 Å². The van der Waals surface area contributed by atoms with Crippen molar-refractivity contribution in [2.24, 2.45) is 34.2 Å². The monoisotopic (exact) mass is 433 g/mol. The molecule has 2 aromatic rings. The summed E-state index contributed by atoms with van der Waals surface area (Å²) in [6, 6.07) is 7.64. The quantitative estimate of drug-likeness (QED) is 0.235. The van der Waals surface area contributed by atoms with Gasteiger partial charge in [0.2, 0.25) is 0 Å². The molecule has 3 fully saturated rings. The minimum atomic E-state index is -0.510. The van der Waals surface area contributed by atoms with Crippen LogP contribution < -0.4 is 4.74 Å². The van der Waals surface area contributed by atoms with Crippen molar-refractivity contribution in [1.29, 1.82) is 0 Å². The SMILES string of the molecule is COc1ccc(-c2ccc(/C=N\N3C(=O)[C@H]4[C@H](C3=O)[C@H]3C=C[C@H]4C34CC4)o2)c([N+](=O)[O-])c1. The van der Waals surface area contributed by atoms with Crippen LogP contribution in [-0.2, 0) is 9.59 Å². The van der Waals surface area contributed by atoms with Gasteiger partial charge in [-0.05, 0) is 54.4 Å². The lowest BCUT2D eigenvalue weighted by molar-refractivity contribution is -0.384. The number of nitro benzene ring substituents is 1. The number of carbonyl (C=O) groups is 2. The molecule has 162 valence electrons. The molecule has 1 aromatic heterocycles. The molecule has 6 rings (SSSR count). The number of ether oxygens (including phenoxy) is 1. The van der Waals surface area contributed by atoms with Crippen LogP contribution in [0.2, 0.25) is 0 Å². The van der Waals surface area contributed by atoms with Crippen LogP contribution in [0.5, 0.6) is 5.75 Å². The molecule has 3 aliphatic carbocycles. The van der Waals surface area contributed by atoms with Crippen molar-refractivity contribution in [1.82, 2.24) is 5.01 Å². The van der Waals surface area contributed by atoms with Crippen molar-refractivity contribution < 1.29 is 23.7 Å². The highest BCUT2D eigenvalue weighted by Crippen LogP contribution is 2.73. The molecule has 1 saturated heterocycles. The summed E-state index contributed by atoms with van der Waals surface area (Å²) in [5.74, 6) is 0.0606. The van der Waals surface area contributed by atoms with Gasteiger partial charge < -0.3 is 9.15 Å². The number of nitro groups is 1. The van der Waals surface area contributed by atoms with Gasteiger partial charge in [-0.3, -0.25) is 19.7 Å². The van der Waals surface area contributed by atoms with Gasteiger partial charge in [-0.15, -0.1) is 0 Å². The molecule has 9 heteroatoms. The lowest BCUT2D eigenvalue weighted by atomic mass is 9.85. The fourth-order valence-corrected chi connectivity index (χ4v) is 5.86. The summed E-state index contributed by atoms with van der Waals surface area (Å²) < 4.78 is 10.8. The Labute approximate surface area is 182 Å². The third kappa shape index (κ3) is 2.41. The van der Waals surface area contributed by atoms with E-state index in [0.29, 0.717) is 5.75 Å². The van der Waals surface area contributed by atoms with E-state index in [1.165, 1.54) is 19.4 Å². The number of furan rings is 1. The summed E-state index contributed by atoms with van der Waals surface area (Å²) in [5.41, 5.74) is 0.270. The second-order valence-electron chi connectivity index (χ2n) is 8.80. The molecule has 2 bridgehead atoms. The Kier molecular flexibility index (Phi) is 3.78. The van der Waals surface area contributed by atoms with E-state index >= 15 is 0 Å². The molecule has 4 aliphatic rings. The summed E-state index contributed by atoms with van der Waals surface area (Å²) in [6.07, 6.45) is 7.69. The summed E-state index contributed by atoms with van der Waals surface area (Å²) >= 11 is 0. The number of rotatable bonds is 5. The average molecular weight is 433 g/mol. The lowest BCUT2D eigenvalue weighted by Gasteiger charge is -2.18. The van der Waals surface area contributed by atoms with Crippen molar-refractivity contribution in [3.05, 3.63) is 58.4 Å². The molecule has 9 nitrogen and oxygen atoms in total. The first-order valence-electron chi connectivity index (χ1n) is 10.5. The van der Waals surface area contributed by atoms with Gasteiger partial charge >= 0.3 is 0 Å². The number of benzene rings is 1. The number of allylic oxidation sites excluding steroid dienone is 2. The van der Waals surface area contributed by atoms with Crippen LogP contribution in [0.25, 0.3) is 11.3 Å². The second kappa shape index (κ2) is 6.38. The van der Waals surface area contributed by atoms with E-state index in [-0.39, 0.29) is 63.7 Å². The maximum Gasteiger partial charge on any atom is 0.284 e. The number of imide groups is 1. The van der Waals surface area contributed by atoms with E-state index in [2.05, 4.69) is 17.3 Å². The van der Waals surface area contributed by atoms with Gasteiger partial charge in [-0.2, -0.15) is 10.1 Å². The van der Waals surface area contributed by atoms with Crippen LogP contribution in [0, 0.1) is 39.2 Å². The van der Waals surface area contributed by atoms with Gasteiger partial charge in [0.25, 0.3) is 17.5 Å². The minimum absolute atomic E-state index is 0.138. The lowest BCUT2D eigenvalue weighted by Crippen LogP contribution is -2.30. The third-order valence-corrected chi connectivity index (χ3v) is 7.42. The number of fused-ring (bicyclic) bond motifs is 3. The van der Waals surface area contributed by atoms with Crippen LogP contribution >= 0.6 is 0 Å². The molecule has 2 amide bonds. The predicted molar refractivity (Wildman–Crippen MR) is 112 cm³/mol. The van der Waals surface area contributed by atoms with Gasteiger partial charge in [0.05, 0.1) is 41.7 Å². The smallest absolute Gasteiger partial charge is 0.284 e. The van der Waals surface area contributed by atoms with Crippen LogP contribution in [0.1, 0.15) is 18.6 Å². The Morgan fingerprint density at radius 1 is 1.16 bits per heavy atom. The highest BCUT2D eigenvalue weighted by molar-refractivity contribution is 6.07. The standard InChI is InChI=1S/C23H19N3O6/c1-31-12-2-4-14(17(10-12)26(29)30)18-7-3-13(32-18)11-24-25-21(27)19-15-5-6-16(20(19)22(25)28)23(15)8-9-23/h2-7,10-11,15-16,19-20H,8-9H2,1H3/b24-11-/t15-,16-,19-,20-/m1/s1. The molecule has 1 aromatic carbocycles. The van der Waals surface area contributed by atoms with Crippen LogP contribution in [0.4, 0.5) is 5.69 Å². The zero-order valence-corrected chi connectivity index (χ0v) is 17.1. The Balaban J connectivity index is 1.25. The van der Waals surface area contributed by atoms with Crippen molar-refractivity contribution in [2.45, 2.75) is 12.8 Å². The Morgan fingerprint density at radius 2 is 1.84 bits per heavy atom. The number of methoxy groups -OCH3 is 1. The van der Waals surface area contributed by atoms with Crippen molar-refractivity contribution in [3.8, 4) is 17.1 Å². The Morgan fingerprint density at radius 3 is 2.44 bits per heavy atom. The number of hydrogen-bond acceptors (Lipinski definition) is 7. The molecule has 1 spiro atoms. The number of amides is 2. The number of hydrazone groups is 1. The molecule has 0 unspecified atom stereocenters. The molecule has 4 atom stereocenters. The van der Waals surface area contributed by atoms with Crippen LogP contribution in [0.3, 0.4) is 0 Å². The maximum atomic E-state index is 13.0. The number of nitrogens with zero attached hydrogens (tertiary/aromatic N) is 3. The summed E-state index contributed by atoms with van der Waals surface area (Å²) in [4.78, 5) is 36.9. The maximum absolute atomic E-state index is 13.0. The van der Waals surface area contributed by atoms with Gasteiger partial charge in [-0.1, -0.05) is 12.2 Å². The molecule has 2 heterocycles. The Hall–Kier alpha value is -3.75. The average Bonchev–Trinajstić information content (AvgIpc) is 3.08. The van der Waals surface area contributed by atoms with Gasteiger partial charge in [0.1, 0.15) is 17.3 Å². The first-order chi connectivity index (χ1) is 15.4.